The largest absolute Gasteiger partial charge is 0.469 e. The lowest BCUT2D eigenvalue weighted by Gasteiger charge is -2.31. The van der Waals surface area contributed by atoms with Gasteiger partial charge in [0.25, 0.3) is 0 Å². The molecule has 0 aliphatic rings. The van der Waals surface area contributed by atoms with Crippen molar-refractivity contribution in [2.24, 2.45) is 5.92 Å². The van der Waals surface area contributed by atoms with Crippen LogP contribution in [0.3, 0.4) is 0 Å². The molecule has 17 heavy (non-hydrogen) atoms. The molecule has 0 saturated heterocycles. The van der Waals surface area contributed by atoms with E-state index in [2.05, 4.69) is 37.7 Å². The number of ether oxygens (including phenoxy) is 1. The Morgan fingerprint density at radius 3 is 2.24 bits per heavy atom. The van der Waals surface area contributed by atoms with Crippen molar-refractivity contribution in [3.05, 3.63) is 0 Å². The molecule has 0 rings (SSSR count). The average Bonchev–Trinajstić information content (AvgIpc) is 2.31. The summed E-state index contributed by atoms with van der Waals surface area (Å²) in [5, 5.41) is 0. The van der Waals surface area contributed by atoms with Gasteiger partial charge in [0.05, 0.1) is 13.0 Å². The quantitative estimate of drug-likeness (QED) is 0.605. The maximum Gasteiger partial charge on any atom is 0.309 e. The molecule has 0 aromatic rings. The summed E-state index contributed by atoms with van der Waals surface area (Å²) in [6.07, 6.45) is 1.12. The van der Waals surface area contributed by atoms with Gasteiger partial charge in [-0.2, -0.15) is 0 Å². The Balaban J connectivity index is 4.19. The highest BCUT2D eigenvalue weighted by molar-refractivity contribution is 5.72. The van der Waals surface area contributed by atoms with Gasteiger partial charge >= 0.3 is 5.97 Å². The number of rotatable bonds is 8. The molecule has 0 fully saturated rings. The van der Waals surface area contributed by atoms with Gasteiger partial charge in [0.2, 0.25) is 0 Å². The summed E-state index contributed by atoms with van der Waals surface area (Å²) >= 11 is 0. The minimum atomic E-state index is -0.122. The smallest absolute Gasteiger partial charge is 0.309 e. The molecule has 0 radical (unpaired) electrons. The van der Waals surface area contributed by atoms with E-state index in [0.717, 1.165) is 26.1 Å². The maximum atomic E-state index is 11.5. The number of carbonyl (C=O) groups is 1. The van der Waals surface area contributed by atoms with Crippen LogP contribution in [0.15, 0.2) is 0 Å². The molecule has 4 heteroatoms. The lowest BCUT2D eigenvalue weighted by atomic mass is 10.0. The highest BCUT2D eigenvalue weighted by Gasteiger charge is 2.25. The topological polar surface area (TPSA) is 32.8 Å². The van der Waals surface area contributed by atoms with Crippen LogP contribution in [0, 0.1) is 5.92 Å². The van der Waals surface area contributed by atoms with Gasteiger partial charge < -0.3 is 14.5 Å². The molecular formula is C13H28N2O2. The van der Waals surface area contributed by atoms with E-state index in [9.17, 15) is 4.79 Å². The van der Waals surface area contributed by atoms with E-state index >= 15 is 0 Å². The van der Waals surface area contributed by atoms with E-state index in [-0.39, 0.29) is 17.9 Å². The van der Waals surface area contributed by atoms with Crippen molar-refractivity contribution in [3.8, 4) is 0 Å². The maximum absolute atomic E-state index is 11.5. The van der Waals surface area contributed by atoms with E-state index in [1.807, 2.05) is 6.92 Å². The van der Waals surface area contributed by atoms with Crippen molar-refractivity contribution >= 4 is 5.97 Å². The van der Waals surface area contributed by atoms with Crippen LogP contribution in [-0.2, 0) is 9.53 Å². The molecule has 0 bridgehead atoms. The highest BCUT2D eigenvalue weighted by Crippen LogP contribution is 2.12. The number of esters is 1. The highest BCUT2D eigenvalue weighted by atomic mass is 16.5. The first-order valence-electron chi connectivity index (χ1n) is 6.40. The van der Waals surface area contributed by atoms with Crippen LogP contribution in [0.1, 0.15) is 27.2 Å². The van der Waals surface area contributed by atoms with Gasteiger partial charge in [0, 0.05) is 6.04 Å². The Kier molecular flexibility index (Phi) is 8.17. The van der Waals surface area contributed by atoms with E-state index in [1.54, 1.807) is 0 Å². The summed E-state index contributed by atoms with van der Waals surface area (Å²) in [5.74, 6) is -0.192. The zero-order chi connectivity index (χ0) is 13.4. The third kappa shape index (κ3) is 6.03. The second-order valence-corrected chi connectivity index (χ2v) is 4.84. The van der Waals surface area contributed by atoms with Gasteiger partial charge in [-0.05, 0) is 47.1 Å². The molecule has 0 N–H and O–H groups in total. The Morgan fingerprint density at radius 2 is 1.82 bits per heavy atom. The monoisotopic (exact) mass is 244 g/mol. The molecule has 0 heterocycles. The fourth-order valence-corrected chi connectivity index (χ4v) is 1.94. The summed E-state index contributed by atoms with van der Waals surface area (Å²) in [5.41, 5.74) is 0. The van der Waals surface area contributed by atoms with Gasteiger partial charge in [-0.15, -0.1) is 0 Å². The fourth-order valence-electron chi connectivity index (χ4n) is 1.94. The summed E-state index contributed by atoms with van der Waals surface area (Å²) < 4.78 is 4.80. The average molecular weight is 244 g/mol. The van der Waals surface area contributed by atoms with E-state index in [1.165, 1.54) is 7.11 Å². The summed E-state index contributed by atoms with van der Waals surface area (Å²) in [7, 11) is 5.61. The van der Waals surface area contributed by atoms with Gasteiger partial charge in [-0.1, -0.05) is 13.8 Å². The van der Waals surface area contributed by atoms with Crippen molar-refractivity contribution < 1.29 is 9.53 Å². The SMILES string of the molecule is CCN(CCCN(C)C)C(C)C(C)C(=O)OC. The van der Waals surface area contributed by atoms with Crippen molar-refractivity contribution in [2.45, 2.75) is 33.2 Å². The number of nitrogens with zero attached hydrogens (tertiary/aromatic N) is 2. The molecule has 0 aliphatic heterocycles. The molecule has 102 valence electrons. The van der Waals surface area contributed by atoms with Gasteiger partial charge in [-0.3, -0.25) is 4.79 Å². The van der Waals surface area contributed by atoms with Crippen LogP contribution in [-0.4, -0.2) is 62.7 Å². The normalized spacial score (nSPS) is 15.1. The van der Waals surface area contributed by atoms with E-state index in [4.69, 9.17) is 4.74 Å². The predicted molar refractivity (Wildman–Crippen MR) is 71.1 cm³/mol. The lowest BCUT2D eigenvalue weighted by molar-refractivity contribution is -0.147. The molecule has 2 unspecified atom stereocenters. The van der Waals surface area contributed by atoms with Crippen LogP contribution < -0.4 is 0 Å². The molecule has 0 aliphatic carbocycles. The van der Waals surface area contributed by atoms with Crippen molar-refractivity contribution in [2.75, 3.05) is 40.8 Å². The molecule has 0 aromatic carbocycles. The Labute approximate surface area is 106 Å². The summed E-state index contributed by atoms with van der Waals surface area (Å²) in [4.78, 5) is 16.0. The third-order valence-corrected chi connectivity index (χ3v) is 3.33. The molecule has 0 spiro atoms. The molecule has 0 saturated carbocycles. The van der Waals surface area contributed by atoms with Crippen LogP contribution >= 0.6 is 0 Å². The molecule has 4 nitrogen and oxygen atoms in total. The number of hydrogen-bond donors (Lipinski definition) is 0. The van der Waals surface area contributed by atoms with Crippen molar-refractivity contribution in [3.63, 3.8) is 0 Å². The zero-order valence-electron chi connectivity index (χ0n) is 12.2. The van der Waals surface area contributed by atoms with Crippen molar-refractivity contribution in [1.82, 2.24) is 9.80 Å². The van der Waals surface area contributed by atoms with Gasteiger partial charge in [-0.25, -0.2) is 0 Å². The van der Waals surface area contributed by atoms with E-state index in [0.29, 0.717) is 0 Å². The van der Waals surface area contributed by atoms with E-state index < -0.39 is 0 Å². The number of hydrogen-bond acceptors (Lipinski definition) is 4. The predicted octanol–water partition coefficient (Wildman–Crippen LogP) is 1.46. The minimum Gasteiger partial charge on any atom is -0.469 e. The Hall–Kier alpha value is -0.610. The molecule has 0 amide bonds. The van der Waals surface area contributed by atoms with Crippen LogP contribution in [0.2, 0.25) is 0 Å². The molecule has 2 atom stereocenters. The van der Waals surface area contributed by atoms with Gasteiger partial charge in [0.15, 0.2) is 0 Å². The lowest BCUT2D eigenvalue weighted by Crippen LogP contribution is -2.41. The van der Waals surface area contributed by atoms with Crippen LogP contribution in [0.25, 0.3) is 0 Å². The molecular weight excluding hydrogens is 216 g/mol. The zero-order valence-corrected chi connectivity index (χ0v) is 12.2. The van der Waals surface area contributed by atoms with Crippen LogP contribution in [0.4, 0.5) is 0 Å². The minimum absolute atomic E-state index is 0.0701. The Morgan fingerprint density at radius 1 is 1.24 bits per heavy atom. The summed E-state index contributed by atoms with van der Waals surface area (Å²) in [6.45, 7) is 9.24. The fraction of sp³-hybridized carbons (Fsp3) is 0.923. The first-order chi connectivity index (χ1) is 7.93. The first-order valence-corrected chi connectivity index (χ1v) is 6.40. The van der Waals surface area contributed by atoms with Crippen molar-refractivity contribution in [1.29, 1.82) is 0 Å². The second kappa shape index (κ2) is 8.48. The summed E-state index contributed by atoms with van der Waals surface area (Å²) in [6, 6.07) is 0.231. The number of methoxy groups -OCH3 is 1. The number of carbonyl (C=O) groups excluding carboxylic acids is 1. The van der Waals surface area contributed by atoms with Crippen LogP contribution in [0.5, 0.6) is 0 Å². The molecule has 0 aromatic heterocycles. The van der Waals surface area contributed by atoms with Gasteiger partial charge in [0.1, 0.15) is 0 Å². The first kappa shape index (κ1) is 16.4. The third-order valence-electron chi connectivity index (χ3n) is 3.33. The Bertz CT molecular complexity index is 219. The standard InChI is InChI=1S/C13H28N2O2/c1-7-15(10-8-9-14(4)5)12(3)11(2)13(16)17-6/h11-12H,7-10H2,1-6H3. The second-order valence-electron chi connectivity index (χ2n) is 4.84.